The largest absolute Gasteiger partial charge is 0.301 e. The average molecular weight is 140 g/mol. The Balaban J connectivity index is 0. The first-order valence-electron chi connectivity index (χ1n) is 1.12. The maximum absolute atomic E-state index is 9.12. The third-order valence-electron chi connectivity index (χ3n) is 0.143. The predicted octanol–water partition coefficient (Wildman–Crippen LogP) is -0.328. The SMILES string of the molecule is O=CCOO.[Cu]. The second kappa shape index (κ2) is 8.92. The van der Waals surface area contributed by atoms with Gasteiger partial charge < -0.3 is 4.79 Å². The van der Waals surface area contributed by atoms with Crippen molar-refractivity contribution in [1.29, 1.82) is 0 Å². The summed E-state index contributed by atoms with van der Waals surface area (Å²) in [4.78, 5) is 12.4. The van der Waals surface area contributed by atoms with Gasteiger partial charge in [0.15, 0.2) is 0 Å². The van der Waals surface area contributed by atoms with Crippen LogP contribution in [0.3, 0.4) is 0 Å². The van der Waals surface area contributed by atoms with Crippen molar-refractivity contribution in [3.63, 3.8) is 0 Å². The van der Waals surface area contributed by atoms with Gasteiger partial charge in [0.1, 0.15) is 12.9 Å². The zero-order valence-corrected chi connectivity index (χ0v) is 3.79. The molecule has 3 nitrogen and oxygen atoms in total. The van der Waals surface area contributed by atoms with Gasteiger partial charge in [-0.05, 0) is 0 Å². The van der Waals surface area contributed by atoms with Crippen molar-refractivity contribution in [3.8, 4) is 0 Å². The van der Waals surface area contributed by atoms with E-state index >= 15 is 0 Å². The Bertz CT molecular complexity index is 30.0. The zero-order valence-electron chi connectivity index (χ0n) is 2.85. The first-order valence-corrected chi connectivity index (χ1v) is 1.12. The zero-order chi connectivity index (χ0) is 4.12. The molecule has 0 aromatic heterocycles. The number of carbonyl (C=O) groups excluding carboxylic acids is 1. The van der Waals surface area contributed by atoms with Crippen LogP contribution in [0, 0.1) is 0 Å². The van der Waals surface area contributed by atoms with Gasteiger partial charge in [0, 0.05) is 17.1 Å². The van der Waals surface area contributed by atoms with E-state index in [4.69, 9.17) is 10.1 Å². The Kier molecular flexibility index (Phi) is 14.0. The number of rotatable bonds is 2. The van der Waals surface area contributed by atoms with Crippen LogP contribution in [0.2, 0.25) is 0 Å². The Morgan fingerprint density at radius 3 is 2.33 bits per heavy atom. The minimum absolute atomic E-state index is 0. The Hall–Kier alpha value is 0.109. The van der Waals surface area contributed by atoms with Gasteiger partial charge in [0.25, 0.3) is 0 Å². The number of hydrogen-bond acceptors (Lipinski definition) is 3. The fraction of sp³-hybridized carbons (Fsp3) is 0.500. The monoisotopic (exact) mass is 139 g/mol. The molecule has 6 heavy (non-hydrogen) atoms. The van der Waals surface area contributed by atoms with E-state index in [1.54, 1.807) is 0 Å². The topological polar surface area (TPSA) is 46.5 Å². The minimum Gasteiger partial charge on any atom is -0.301 e. The molecule has 0 saturated heterocycles. The molecule has 0 aliphatic rings. The third-order valence-corrected chi connectivity index (χ3v) is 0.143. The molecule has 0 heterocycles. The van der Waals surface area contributed by atoms with Crippen LogP contribution in [-0.4, -0.2) is 18.2 Å². The van der Waals surface area contributed by atoms with Gasteiger partial charge in [-0.1, -0.05) is 0 Å². The minimum atomic E-state index is -0.236. The normalized spacial score (nSPS) is 6.17. The molecule has 0 spiro atoms. The van der Waals surface area contributed by atoms with Gasteiger partial charge in [0.2, 0.25) is 0 Å². The summed E-state index contributed by atoms with van der Waals surface area (Å²) in [5, 5.41) is 7.34. The Morgan fingerprint density at radius 2 is 2.33 bits per heavy atom. The molecule has 0 fully saturated rings. The molecular weight excluding hydrogens is 136 g/mol. The van der Waals surface area contributed by atoms with Gasteiger partial charge in [0.05, 0.1) is 0 Å². The average Bonchev–Trinajstić information content (AvgIpc) is 1.41. The van der Waals surface area contributed by atoms with Gasteiger partial charge in [-0.25, -0.2) is 4.89 Å². The molecule has 0 aromatic rings. The van der Waals surface area contributed by atoms with E-state index in [1.165, 1.54) is 0 Å². The van der Waals surface area contributed by atoms with E-state index in [0.29, 0.717) is 6.29 Å². The summed E-state index contributed by atoms with van der Waals surface area (Å²) >= 11 is 0. The molecule has 41 valence electrons. The molecular formula is C2H4CuO3. The second-order valence-corrected chi connectivity index (χ2v) is 0.462. The Labute approximate surface area is 45.7 Å². The van der Waals surface area contributed by atoms with Crippen molar-refractivity contribution in [1.82, 2.24) is 0 Å². The van der Waals surface area contributed by atoms with Crippen molar-refractivity contribution in [3.05, 3.63) is 0 Å². The molecule has 0 aliphatic heterocycles. The summed E-state index contributed by atoms with van der Waals surface area (Å²) in [6, 6.07) is 0. The third kappa shape index (κ3) is 8.93. The van der Waals surface area contributed by atoms with Crippen LogP contribution < -0.4 is 0 Å². The van der Waals surface area contributed by atoms with Gasteiger partial charge >= 0.3 is 0 Å². The number of hydrogen-bond donors (Lipinski definition) is 1. The second-order valence-electron chi connectivity index (χ2n) is 0.462. The van der Waals surface area contributed by atoms with Crippen LogP contribution in [-0.2, 0) is 26.8 Å². The summed E-state index contributed by atoms with van der Waals surface area (Å²) in [7, 11) is 0. The molecule has 0 aromatic carbocycles. The predicted molar refractivity (Wildman–Crippen MR) is 14.6 cm³/mol. The van der Waals surface area contributed by atoms with Crippen molar-refractivity contribution < 1.29 is 32.0 Å². The van der Waals surface area contributed by atoms with Gasteiger partial charge in [-0.2, -0.15) is 0 Å². The van der Waals surface area contributed by atoms with Gasteiger partial charge in [-0.3, -0.25) is 5.26 Å². The fourth-order valence-electron chi connectivity index (χ4n) is 0.0304. The molecule has 0 amide bonds. The molecule has 1 N–H and O–H groups in total. The van der Waals surface area contributed by atoms with Gasteiger partial charge in [-0.15, -0.1) is 0 Å². The van der Waals surface area contributed by atoms with E-state index < -0.39 is 0 Å². The molecule has 0 rings (SSSR count). The Morgan fingerprint density at radius 1 is 1.83 bits per heavy atom. The number of carbonyl (C=O) groups is 1. The van der Waals surface area contributed by atoms with Crippen LogP contribution >= 0.6 is 0 Å². The summed E-state index contributed by atoms with van der Waals surface area (Å²) in [6.07, 6.45) is 0.458. The van der Waals surface area contributed by atoms with Crippen LogP contribution in [0.1, 0.15) is 0 Å². The fourth-order valence-corrected chi connectivity index (χ4v) is 0.0304. The first-order chi connectivity index (χ1) is 2.41. The maximum atomic E-state index is 9.12. The summed E-state index contributed by atoms with van der Waals surface area (Å²) in [6.45, 7) is -0.236. The molecule has 1 radical (unpaired) electrons. The quantitative estimate of drug-likeness (QED) is 0.247. The van der Waals surface area contributed by atoms with Crippen LogP contribution in [0.4, 0.5) is 0 Å². The molecule has 0 saturated carbocycles. The maximum Gasteiger partial charge on any atom is 0.148 e. The molecule has 0 atom stereocenters. The summed E-state index contributed by atoms with van der Waals surface area (Å²) in [5.41, 5.74) is 0. The first kappa shape index (κ1) is 9.44. The van der Waals surface area contributed by atoms with Crippen molar-refractivity contribution in [2.45, 2.75) is 0 Å². The van der Waals surface area contributed by atoms with Crippen molar-refractivity contribution in [2.75, 3.05) is 6.61 Å². The molecule has 0 unspecified atom stereocenters. The molecule has 0 bridgehead atoms. The molecule has 0 aliphatic carbocycles. The van der Waals surface area contributed by atoms with Crippen LogP contribution in [0.15, 0.2) is 0 Å². The van der Waals surface area contributed by atoms with Crippen molar-refractivity contribution in [2.24, 2.45) is 0 Å². The van der Waals surface area contributed by atoms with E-state index in [1.807, 2.05) is 0 Å². The van der Waals surface area contributed by atoms with E-state index in [0.717, 1.165) is 0 Å². The van der Waals surface area contributed by atoms with Crippen LogP contribution in [0.5, 0.6) is 0 Å². The standard InChI is InChI=1S/C2H4O3.Cu/c3-1-2-5-4;/h1,4H,2H2;. The smallest absolute Gasteiger partial charge is 0.148 e. The number of aldehydes is 1. The van der Waals surface area contributed by atoms with Crippen LogP contribution in [0.25, 0.3) is 0 Å². The molecule has 4 heteroatoms. The summed E-state index contributed by atoms with van der Waals surface area (Å²) < 4.78 is 0. The van der Waals surface area contributed by atoms with E-state index in [-0.39, 0.29) is 23.7 Å². The summed E-state index contributed by atoms with van der Waals surface area (Å²) in [5.74, 6) is 0. The van der Waals surface area contributed by atoms with E-state index in [9.17, 15) is 0 Å². The van der Waals surface area contributed by atoms with E-state index in [2.05, 4.69) is 4.89 Å². The van der Waals surface area contributed by atoms with Crippen molar-refractivity contribution >= 4 is 6.29 Å².